The fourth-order valence-corrected chi connectivity index (χ4v) is 5.92. The highest BCUT2D eigenvalue weighted by Gasteiger charge is 2.35. The molecule has 2 aromatic heterocycles. The van der Waals surface area contributed by atoms with Crippen molar-refractivity contribution in [3.63, 3.8) is 0 Å². The van der Waals surface area contributed by atoms with E-state index in [0.29, 0.717) is 35.5 Å². The van der Waals surface area contributed by atoms with Crippen molar-refractivity contribution in [2.45, 2.75) is 24.9 Å². The van der Waals surface area contributed by atoms with Gasteiger partial charge in [0.1, 0.15) is 5.60 Å². The normalized spacial score (nSPS) is 16.4. The molecule has 1 unspecified atom stereocenters. The monoisotopic (exact) mass is 467 g/mol. The maximum absolute atomic E-state index is 12.6. The van der Waals surface area contributed by atoms with Crippen molar-refractivity contribution in [3.05, 3.63) is 68.0 Å². The lowest BCUT2D eigenvalue weighted by atomic mass is 9.94. The van der Waals surface area contributed by atoms with Crippen molar-refractivity contribution in [2.24, 2.45) is 0 Å². The largest absolute Gasteiger partial charge is 0.378 e. The topological polar surface area (TPSA) is 98.7 Å². The Bertz CT molecular complexity index is 1150. The zero-order valence-electron chi connectivity index (χ0n) is 17.1. The van der Waals surface area contributed by atoms with Gasteiger partial charge in [0.15, 0.2) is 0 Å². The van der Waals surface area contributed by atoms with E-state index in [2.05, 4.69) is 10.6 Å². The fourth-order valence-electron chi connectivity index (χ4n) is 4.35. The highest BCUT2D eigenvalue weighted by atomic mass is 32.1. The second kappa shape index (κ2) is 8.16. The second-order valence-electron chi connectivity index (χ2n) is 7.92. The quantitative estimate of drug-likeness (QED) is 0.503. The van der Waals surface area contributed by atoms with Crippen LogP contribution >= 0.6 is 22.7 Å². The molecule has 0 fully saturated rings. The number of hydrogen-bond acceptors (Lipinski definition) is 6. The third-order valence-electron chi connectivity index (χ3n) is 5.95. The van der Waals surface area contributed by atoms with Gasteiger partial charge in [-0.1, -0.05) is 6.07 Å². The van der Waals surface area contributed by atoms with Crippen molar-refractivity contribution < 1.29 is 19.5 Å². The molecule has 2 aliphatic heterocycles. The average molecular weight is 468 g/mol. The maximum atomic E-state index is 12.6. The minimum absolute atomic E-state index is 0.122. The molecule has 0 aliphatic carbocycles. The summed E-state index contributed by atoms with van der Waals surface area (Å²) in [4.78, 5) is 39.7. The lowest BCUT2D eigenvalue weighted by molar-refractivity contribution is -0.136. The van der Waals surface area contributed by atoms with Crippen molar-refractivity contribution in [2.75, 3.05) is 23.3 Å². The van der Waals surface area contributed by atoms with E-state index in [0.717, 1.165) is 23.2 Å². The number of anilines is 2. The van der Waals surface area contributed by atoms with E-state index in [1.54, 1.807) is 12.1 Å². The summed E-state index contributed by atoms with van der Waals surface area (Å²) < 4.78 is 0. The molecular formula is C23H21N3O4S2. The van der Waals surface area contributed by atoms with Crippen LogP contribution in [0.5, 0.6) is 0 Å². The summed E-state index contributed by atoms with van der Waals surface area (Å²) in [5, 5.41) is 22.1. The number of hydrogen-bond donors (Lipinski definition) is 3. The van der Waals surface area contributed by atoms with E-state index in [9.17, 15) is 19.5 Å². The summed E-state index contributed by atoms with van der Waals surface area (Å²) in [7, 11) is 0. The summed E-state index contributed by atoms with van der Waals surface area (Å²) >= 11 is 2.84. The molecule has 1 atom stereocenters. The molecule has 1 aromatic carbocycles. The van der Waals surface area contributed by atoms with Crippen LogP contribution in [-0.2, 0) is 32.8 Å². The lowest BCUT2D eigenvalue weighted by Crippen LogP contribution is -2.44. The predicted octanol–water partition coefficient (Wildman–Crippen LogP) is 2.64. The third-order valence-corrected chi connectivity index (χ3v) is 7.65. The van der Waals surface area contributed by atoms with Crippen molar-refractivity contribution in [1.29, 1.82) is 0 Å². The number of aryl methyl sites for hydroxylation is 1. The molecule has 7 nitrogen and oxygen atoms in total. The van der Waals surface area contributed by atoms with Crippen LogP contribution in [-0.4, -0.2) is 35.9 Å². The number of aliphatic hydroxyl groups is 1. The standard InChI is InChI=1S/C23H21N3O4S2/c27-19-4-3-14-10-17(11-15-5-7-26(19)20(14)15)25-22(29)21(28)24-13-23(30,16-6-9-31-12-16)18-2-1-8-32-18/h1-2,6,8-12,30H,3-5,7,13H2,(H,24,28)(H,25,29). The van der Waals surface area contributed by atoms with Crippen LogP contribution in [0.3, 0.4) is 0 Å². The Morgan fingerprint density at radius 3 is 2.62 bits per heavy atom. The van der Waals surface area contributed by atoms with E-state index in [1.165, 1.54) is 22.7 Å². The smallest absolute Gasteiger partial charge is 0.313 e. The second-order valence-corrected chi connectivity index (χ2v) is 9.65. The third kappa shape index (κ3) is 3.62. The SMILES string of the molecule is O=C(NCC(O)(c1ccsc1)c1cccs1)C(=O)Nc1cc2c3c(c1)CCN3C(=O)CC2. The molecular weight excluding hydrogens is 446 g/mol. The molecule has 3 amide bonds. The number of carbonyl (C=O) groups is 3. The minimum Gasteiger partial charge on any atom is -0.378 e. The van der Waals surface area contributed by atoms with Crippen LogP contribution in [0.1, 0.15) is 28.0 Å². The average Bonchev–Trinajstić information content (AvgIpc) is 3.56. The lowest BCUT2D eigenvalue weighted by Gasteiger charge is -2.27. The Kier molecular flexibility index (Phi) is 5.32. The summed E-state index contributed by atoms with van der Waals surface area (Å²) in [6.07, 6.45) is 1.81. The Morgan fingerprint density at radius 2 is 1.91 bits per heavy atom. The van der Waals surface area contributed by atoms with Gasteiger partial charge in [0.2, 0.25) is 5.91 Å². The molecule has 9 heteroatoms. The molecule has 3 aromatic rings. The summed E-state index contributed by atoms with van der Waals surface area (Å²) in [6, 6.07) is 9.11. The minimum atomic E-state index is -1.40. The molecule has 0 saturated heterocycles. The number of benzene rings is 1. The van der Waals surface area contributed by atoms with Crippen molar-refractivity contribution >= 4 is 51.8 Å². The predicted molar refractivity (Wildman–Crippen MR) is 124 cm³/mol. The molecule has 0 radical (unpaired) electrons. The van der Waals surface area contributed by atoms with Crippen LogP contribution in [0.25, 0.3) is 0 Å². The maximum Gasteiger partial charge on any atom is 0.313 e. The van der Waals surface area contributed by atoms with Crippen LogP contribution in [0, 0.1) is 0 Å². The van der Waals surface area contributed by atoms with Gasteiger partial charge in [0.05, 0.1) is 12.2 Å². The summed E-state index contributed by atoms with van der Waals surface area (Å²) in [5.74, 6) is -1.48. The van der Waals surface area contributed by atoms with E-state index >= 15 is 0 Å². The van der Waals surface area contributed by atoms with Crippen LogP contribution in [0.15, 0.2) is 46.5 Å². The first-order valence-electron chi connectivity index (χ1n) is 10.3. The van der Waals surface area contributed by atoms with Crippen molar-refractivity contribution in [3.8, 4) is 0 Å². The number of amides is 3. The summed E-state index contributed by atoms with van der Waals surface area (Å²) in [5.41, 5.74) is 2.79. The van der Waals surface area contributed by atoms with Crippen LogP contribution in [0.4, 0.5) is 11.4 Å². The highest BCUT2D eigenvalue weighted by Crippen LogP contribution is 2.38. The Labute approximate surface area is 192 Å². The van der Waals surface area contributed by atoms with E-state index in [1.807, 2.05) is 39.2 Å². The van der Waals surface area contributed by atoms with Gasteiger partial charge in [-0.05, 0) is 64.4 Å². The van der Waals surface area contributed by atoms with Gasteiger partial charge >= 0.3 is 11.8 Å². The Balaban J connectivity index is 1.29. The molecule has 164 valence electrons. The van der Waals surface area contributed by atoms with Crippen molar-refractivity contribution in [1.82, 2.24) is 5.32 Å². The van der Waals surface area contributed by atoms with E-state index < -0.39 is 17.4 Å². The molecule has 2 aliphatic rings. The van der Waals surface area contributed by atoms with Gasteiger partial charge < -0.3 is 20.6 Å². The molecule has 0 spiro atoms. The Morgan fingerprint density at radius 1 is 1.09 bits per heavy atom. The van der Waals surface area contributed by atoms with Gasteiger partial charge in [-0.15, -0.1) is 11.3 Å². The van der Waals surface area contributed by atoms with Gasteiger partial charge in [-0.2, -0.15) is 11.3 Å². The number of thiophene rings is 2. The van der Waals surface area contributed by atoms with E-state index in [-0.39, 0.29) is 12.5 Å². The number of nitrogens with zero attached hydrogens (tertiary/aromatic N) is 1. The molecule has 0 bridgehead atoms. The molecule has 32 heavy (non-hydrogen) atoms. The fraction of sp³-hybridized carbons (Fsp3) is 0.261. The number of carbonyl (C=O) groups excluding carboxylic acids is 3. The van der Waals surface area contributed by atoms with Gasteiger partial charge in [0, 0.05) is 29.1 Å². The number of rotatable bonds is 5. The van der Waals surface area contributed by atoms with E-state index in [4.69, 9.17) is 0 Å². The molecule has 4 heterocycles. The van der Waals surface area contributed by atoms with Gasteiger partial charge in [-0.25, -0.2) is 0 Å². The molecule has 5 rings (SSSR count). The van der Waals surface area contributed by atoms with Gasteiger partial charge in [0.25, 0.3) is 0 Å². The summed E-state index contributed by atoms with van der Waals surface area (Å²) in [6.45, 7) is 0.534. The van der Waals surface area contributed by atoms with Crippen LogP contribution in [0.2, 0.25) is 0 Å². The first-order chi connectivity index (χ1) is 15.5. The zero-order valence-corrected chi connectivity index (χ0v) is 18.7. The zero-order chi connectivity index (χ0) is 22.3. The first-order valence-corrected chi connectivity index (χ1v) is 12.1. The Hall–Kier alpha value is -3.01. The van der Waals surface area contributed by atoms with Crippen LogP contribution < -0.4 is 15.5 Å². The molecule has 0 saturated carbocycles. The first kappa shape index (κ1) is 20.9. The highest BCUT2D eigenvalue weighted by molar-refractivity contribution is 7.10. The van der Waals surface area contributed by atoms with Gasteiger partial charge in [-0.3, -0.25) is 14.4 Å². The number of nitrogens with one attached hydrogen (secondary N) is 2. The molecule has 3 N–H and O–H groups in total.